The Morgan fingerprint density at radius 1 is 0.966 bits per heavy atom. The van der Waals surface area contributed by atoms with E-state index in [-0.39, 0.29) is 5.63 Å². The molecule has 0 spiro atoms. The SMILES string of the molecule is O=c1oc2c3c(ccc2c2ccccc12)OC[NH+](CCc1ccc(Cl)cc1Cl)C3. The van der Waals surface area contributed by atoms with E-state index in [1.54, 1.807) is 12.1 Å². The topological polar surface area (TPSA) is 43.9 Å². The van der Waals surface area contributed by atoms with Gasteiger partial charge >= 0.3 is 5.63 Å². The third kappa shape index (κ3) is 3.38. The van der Waals surface area contributed by atoms with Gasteiger partial charge < -0.3 is 9.15 Å². The van der Waals surface area contributed by atoms with Crippen LogP contribution >= 0.6 is 23.2 Å². The van der Waals surface area contributed by atoms with Crippen LogP contribution in [-0.4, -0.2) is 13.3 Å². The van der Waals surface area contributed by atoms with Crippen molar-refractivity contribution in [3.05, 3.63) is 86.2 Å². The molecule has 4 nitrogen and oxygen atoms in total. The molecule has 0 bridgehead atoms. The fraction of sp³-hybridized carbons (Fsp3) is 0.174. The number of hydrogen-bond acceptors (Lipinski definition) is 3. The summed E-state index contributed by atoms with van der Waals surface area (Å²) in [5, 5.41) is 3.75. The Morgan fingerprint density at radius 2 is 1.79 bits per heavy atom. The first-order valence-corrected chi connectivity index (χ1v) is 10.2. The van der Waals surface area contributed by atoms with Gasteiger partial charge in [0.2, 0.25) is 6.73 Å². The van der Waals surface area contributed by atoms with Gasteiger partial charge in [-0.05, 0) is 41.3 Å². The molecule has 3 aromatic carbocycles. The van der Waals surface area contributed by atoms with Crippen molar-refractivity contribution in [3.63, 3.8) is 0 Å². The molecule has 29 heavy (non-hydrogen) atoms. The lowest BCUT2D eigenvalue weighted by atomic mass is 10.0. The van der Waals surface area contributed by atoms with E-state index < -0.39 is 0 Å². The minimum Gasteiger partial charge on any atom is -0.445 e. The van der Waals surface area contributed by atoms with E-state index in [9.17, 15) is 4.79 Å². The van der Waals surface area contributed by atoms with Crippen molar-refractivity contribution in [2.24, 2.45) is 0 Å². The Labute approximate surface area is 177 Å². The number of halogens is 2. The lowest BCUT2D eigenvalue weighted by Gasteiger charge is -2.26. The maximum Gasteiger partial charge on any atom is 0.344 e. The van der Waals surface area contributed by atoms with E-state index in [0.29, 0.717) is 27.7 Å². The monoisotopic (exact) mass is 426 g/mol. The van der Waals surface area contributed by atoms with Gasteiger partial charge in [-0.25, -0.2) is 4.79 Å². The van der Waals surface area contributed by atoms with Crippen LogP contribution in [-0.2, 0) is 13.0 Å². The molecule has 0 amide bonds. The molecule has 0 radical (unpaired) electrons. The largest absolute Gasteiger partial charge is 0.445 e. The van der Waals surface area contributed by atoms with Crippen molar-refractivity contribution in [2.75, 3.05) is 13.3 Å². The highest BCUT2D eigenvalue weighted by Crippen LogP contribution is 2.32. The summed E-state index contributed by atoms with van der Waals surface area (Å²) in [5.41, 5.74) is 2.30. The molecule has 0 fully saturated rings. The van der Waals surface area contributed by atoms with Crippen molar-refractivity contribution in [2.45, 2.75) is 13.0 Å². The summed E-state index contributed by atoms with van der Waals surface area (Å²) < 4.78 is 11.7. The first-order chi connectivity index (χ1) is 14.1. The second-order valence-corrected chi connectivity index (χ2v) is 8.15. The molecule has 5 rings (SSSR count). The van der Waals surface area contributed by atoms with Crippen molar-refractivity contribution >= 4 is 44.9 Å². The van der Waals surface area contributed by atoms with E-state index in [1.807, 2.05) is 42.5 Å². The van der Waals surface area contributed by atoms with E-state index in [0.717, 1.165) is 47.2 Å². The Hall–Kier alpha value is -2.53. The molecule has 0 saturated carbocycles. The molecule has 1 N–H and O–H groups in total. The van der Waals surface area contributed by atoms with Crippen LogP contribution in [0.2, 0.25) is 10.0 Å². The van der Waals surface area contributed by atoms with E-state index in [2.05, 4.69) is 0 Å². The Morgan fingerprint density at radius 3 is 2.62 bits per heavy atom. The smallest absolute Gasteiger partial charge is 0.344 e. The minimum atomic E-state index is -0.318. The summed E-state index contributed by atoms with van der Waals surface area (Å²) in [7, 11) is 0. The third-order valence-corrected chi connectivity index (χ3v) is 6.06. The van der Waals surface area contributed by atoms with Crippen molar-refractivity contribution < 1.29 is 14.1 Å². The van der Waals surface area contributed by atoms with Crippen LogP contribution in [0.15, 0.2) is 63.8 Å². The van der Waals surface area contributed by atoms with E-state index in [1.165, 1.54) is 4.90 Å². The molecule has 0 aliphatic carbocycles. The fourth-order valence-electron chi connectivity index (χ4n) is 3.96. The highest BCUT2D eigenvalue weighted by atomic mass is 35.5. The predicted octanol–water partition coefficient (Wildman–Crippen LogP) is 4.23. The zero-order valence-electron chi connectivity index (χ0n) is 15.5. The van der Waals surface area contributed by atoms with E-state index in [4.69, 9.17) is 32.4 Å². The van der Waals surface area contributed by atoms with Crippen molar-refractivity contribution in [1.82, 2.24) is 0 Å². The molecule has 2 heterocycles. The number of benzene rings is 3. The Balaban J connectivity index is 1.48. The maximum atomic E-state index is 12.5. The van der Waals surface area contributed by atoms with E-state index >= 15 is 0 Å². The Bertz CT molecular complexity index is 1300. The first kappa shape index (κ1) is 18.5. The molecule has 1 aromatic heterocycles. The van der Waals surface area contributed by atoms with Crippen LogP contribution in [0.25, 0.3) is 21.7 Å². The van der Waals surface area contributed by atoms with Crippen LogP contribution < -0.4 is 15.3 Å². The van der Waals surface area contributed by atoms with Gasteiger partial charge in [0.25, 0.3) is 0 Å². The molecule has 4 aromatic rings. The summed E-state index contributed by atoms with van der Waals surface area (Å²) in [6, 6.07) is 17.1. The van der Waals surface area contributed by atoms with Crippen LogP contribution in [0.1, 0.15) is 11.1 Å². The first-order valence-electron chi connectivity index (χ1n) is 9.48. The molecule has 1 atom stereocenters. The normalized spacial score (nSPS) is 16.0. The van der Waals surface area contributed by atoms with Crippen LogP contribution in [0.3, 0.4) is 0 Å². The molecule has 6 heteroatoms. The molecule has 146 valence electrons. The number of nitrogens with one attached hydrogen (secondary N) is 1. The summed E-state index contributed by atoms with van der Waals surface area (Å²) in [5.74, 6) is 0.782. The summed E-state index contributed by atoms with van der Waals surface area (Å²) >= 11 is 12.3. The van der Waals surface area contributed by atoms with Crippen molar-refractivity contribution in [3.8, 4) is 5.75 Å². The number of hydrogen-bond donors (Lipinski definition) is 1. The molecule has 1 unspecified atom stereocenters. The number of quaternary nitrogens is 1. The maximum absolute atomic E-state index is 12.5. The van der Waals surface area contributed by atoms with Gasteiger partial charge in [0, 0.05) is 21.9 Å². The summed E-state index contributed by atoms with van der Waals surface area (Å²) in [6.07, 6.45) is 0.807. The second kappa shape index (κ2) is 7.38. The third-order valence-electron chi connectivity index (χ3n) is 5.47. The predicted molar refractivity (Wildman–Crippen MR) is 115 cm³/mol. The zero-order valence-corrected chi connectivity index (χ0v) is 17.0. The lowest BCUT2D eigenvalue weighted by molar-refractivity contribution is -0.932. The van der Waals surface area contributed by atoms with Gasteiger partial charge in [0.1, 0.15) is 12.3 Å². The average Bonchev–Trinajstić information content (AvgIpc) is 2.73. The standard InChI is InChI=1S/C23H17Cl2NO3/c24-15-6-5-14(20(25)11-15)9-10-26-12-19-21(28-13-26)8-7-17-16-3-1-2-4-18(16)23(27)29-22(17)19/h1-8,11H,9-10,12-13H2/p+1. The van der Waals surface area contributed by atoms with Gasteiger partial charge in [-0.3, -0.25) is 4.90 Å². The van der Waals surface area contributed by atoms with Crippen LogP contribution in [0.5, 0.6) is 5.75 Å². The highest BCUT2D eigenvalue weighted by Gasteiger charge is 2.25. The minimum absolute atomic E-state index is 0.318. The lowest BCUT2D eigenvalue weighted by Crippen LogP contribution is -3.12. The molecular weight excluding hydrogens is 409 g/mol. The molecule has 1 aliphatic heterocycles. The second-order valence-electron chi connectivity index (χ2n) is 7.31. The van der Waals surface area contributed by atoms with Crippen LogP contribution in [0.4, 0.5) is 0 Å². The van der Waals surface area contributed by atoms with Gasteiger partial charge in [0.15, 0.2) is 5.58 Å². The average molecular weight is 427 g/mol. The number of fused-ring (bicyclic) bond motifs is 5. The van der Waals surface area contributed by atoms with Crippen molar-refractivity contribution in [1.29, 1.82) is 0 Å². The fourth-order valence-corrected chi connectivity index (χ4v) is 4.46. The summed E-state index contributed by atoms with van der Waals surface area (Å²) in [6.45, 7) is 2.12. The van der Waals surface area contributed by atoms with Crippen LogP contribution in [0, 0.1) is 0 Å². The zero-order chi connectivity index (χ0) is 20.0. The quantitative estimate of drug-likeness (QED) is 0.393. The van der Waals surface area contributed by atoms with Gasteiger partial charge in [-0.2, -0.15) is 0 Å². The van der Waals surface area contributed by atoms with Gasteiger partial charge in [0.05, 0.1) is 17.5 Å². The Kier molecular flexibility index (Phi) is 4.70. The van der Waals surface area contributed by atoms with Gasteiger partial charge in [-0.1, -0.05) is 47.5 Å². The summed E-state index contributed by atoms with van der Waals surface area (Å²) in [4.78, 5) is 13.7. The number of rotatable bonds is 3. The molecular formula is C23H18Cl2NO3+. The van der Waals surface area contributed by atoms with Gasteiger partial charge in [-0.15, -0.1) is 0 Å². The highest BCUT2D eigenvalue weighted by molar-refractivity contribution is 6.35. The molecule has 0 saturated heterocycles. The number of ether oxygens (including phenoxy) is 1. The molecule has 1 aliphatic rings.